The van der Waals surface area contributed by atoms with Gasteiger partial charge in [-0.05, 0) is 12.8 Å². The predicted octanol–water partition coefficient (Wildman–Crippen LogP) is 1.03. The second kappa shape index (κ2) is 6.70. The number of nitrogens with one attached hydrogen (secondary N) is 2. The van der Waals surface area contributed by atoms with Gasteiger partial charge in [-0.1, -0.05) is 13.5 Å². The first-order chi connectivity index (χ1) is 5.70. The Hall–Kier alpha value is -0.990. The van der Waals surface area contributed by atoms with Gasteiger partial charge in [0.15, 0.2) is 0 Å². The summed E-state index contributed by atoms with van der Waals surface area (Å²) in [5.74, 6) is 0.105. The SMILES string of the molecule is C=C(CCC(=O)NCCC)NC. The Bertz CT molecular complexity index is 155. The molecule has 0 unspecified atom stereocenters. The number of hydrogen-bond acceptors (Lipinski definition) is 2. The first-order valence-electron chi connectivity index (χ1n) is 4.33. The van der Waals surface area contributed by atoms with Crippen LogP contribution in [0, 0.1) is 0 Å². The van der Waals surface area contributed by atoms with Gasteiger partial charge in [0.25, 0.3) is 0 Å². The van der Waals surface area contributed by atoms with E-state index in [2.05, 4.69) is 17.2 Å². The summed E-state index contributed by atoms with van der Waals surface area (Å²) in [4.78, 5) is 11.0. The van der Waals surface area contributed by atoms with Crippen molar-refractivity contribution in [3.8, 4) is 0 Å². The van der Waals surface area contributed by atoms with E-state index in [0.717, 1.165) is 18.7 Å². The van der Waals surface area contributed by atoms with Crippen molar-refractivity contribution in [3.63, 3.8) is 0 Å². The average Bonchev–Trinajstić information content (AvgIpc) is 2.10. The lowest BCUT2D eigenvalue weighted by Crippen LogP contribution is -2.24. The smallest absolute Gasteiger partial charge is 0.220 e. The standard InChI is InChI=1S/C9H18N2O/c1-4-7-11-9(12)6-5-8(2)10-3/h10H,2,4-7H2,1,3H3,(H,11,12). The number of amides is 1. The fourth-order valence-electron chi connectivity index (χ4n) is 0.742. The molecule has 12 heavy (non-hydrogen) atoms. The summed E-state index contributed by atoms with van der Waals surface area (Å²) < 4.78 is 0. The van der Waals surface area contributed by atoms with Gasteiger partial charge in [-0.25, -0.2) is 0 Å². The van der Waals surface area contributed by atoms with Crippen LogP contribution in [0.15, 0.2) is 12.3 Å². The average molecular weight is 170 g/mol. The van der Waals surface area contributed by atoms with Gasteiger partial charge in [-0.15, -0.1) is 0 Å². The van der Waals surface area contributed by atoms with Crippen LogP contribution in [0.5, 0.6) is 0 Å². The zero-order chi connectivity index (χ0) is 9.40. The van der Waals surface area contributed by atoms with E-state index in [1.807, 2.05) is 14.0 Å². The number of carbonyl (C=O) groups excluding carboxylic acids is 1. The molecule has 3 heteroatoms. The quantitative estimate of drug-likeness (QED) is 0.625. The van der Waals surface area contributed by atoms with Crippen molar-refractivity contribution in [2.45, 2.75) is 26.2 Å². The molecule has 70 valence electrons. The summed E-state index contributed by atoms with van der Waals surface area (Å²) in [6, 6.07) is 0. The summed E-state index contributed by atoms with van der Waals surface area (Å²) in [5, 5.41) is 5.71. The molecular weight excluding hydrogens is 152 g/mol. The molecule has 2 N–H and O–H groups in total. The van der Waals surface area contributed by atoms with Crippen molar-refractivity contribution < 1.29 is 4.79 Å². The minimum absolute atomic E-state index is 0.105. The number of carbonyl (C=O) groups is 1. The maximum Gasteiger partial charge on any atom is 0.220 e. The third-order valence-corrected chi connectivity index (χ3v) is 1.58. The van der Waals surface area contributed by atoms with E-state index in [9.17, 15) is 4.79 Å². The van der Waals surface area contributed by atoms with E-state index in [4.69, 9.17) is 0 Å². The van der Waals surface area contributed by atoms with Crippen molar-refractivity contribution in [2.75, 3.05) is 13.6 Å². The molecule has 1 amide bonds. The Labute approximate surface area is 74.2 Å². The van der Waals surface area contributed by atoms with E-state index >= 15 is 0 Å². The molecule has 0 rings (SSSR count). The van der Waals surface area contributed by atoms with Crippen molar-refractivity contribution in [1.29, 1.82) is 0 Å². The van der Waals surface area contributed by atoms with Crippen LogP contribution in [0.3, 0.4) is 0 Å². The largest absolute Gasteiger partial charge is 0.392 e. The van der Waals surface area contributed by atoms with E-state index in [1.54, 1.807) is 0 Å². The highest BCUT2D eigenvalue weighted by Gasteiger charge is 1.99. The molecule has 0 aromatic rings. The second-order valence-corrected chi connectivity index (χ2v) is 2.70. The first-order valence-corrected chi connectivity index (χ1v) is 4.33. The highest BCUT2D eigenvalue weighted by atomic mass is 16.1. The van der Waals surface area contributed by atoms with Crippen LogP contribution in [-0.4, -0.2) is 19.5 Å². The molecule has 0 heterocycles. The van der Waals surface area contributed by atoms with E-state index in [-0.39, 0.29) is 5.91 Å². The third kappa shape index (κ3) is 5.77. The predicted molar refractivity (Wildman–Crippen MR) is 50.7 cm³/mol. The maximum absolute atomic E-state index is 11.0. The van der Waals surface area contributed by atoms with Gasteiger partial charge in [0.2, 0.25) is 5.91 Å². The summed E-state index contributed by atoms with van der Waals surface area (Å²) in [7, 11) is 1.81. The van der Waals surface area contributed by atoms with Crippen molar-refractivity contribution in [1.82, 2.24) is 10.6 Å². The molecule has 0 saturated carbocycles. The molecular formula is C9H18N2O. The molecule has 0 fully saturated rings. The zero-order valence-electron chi connectivity index (χ0n) is 7.94. The van der Waals surface area contributed by atoms with E-state index in [1.165, 1.54) is 0 Å². The van der Waals surface area contributed by atoms with Gasteiger partial charge in [0.05, 0.1) is 0 Å². The topological polar surface area (TPSA) is 41.1 Å². The van der Waals surface area contributed by atoms with E-state index in [0.29, 0.717) is 12.8 Å². The molecule has 0 aliphatic heterocycles. The van der Waals surface area contributed by atoms with Crippen molar-refractivity contribution >= 4 is 5.91 Å². The Morgan fingerprint density at radius 3 is 2.58 bits per heavy atom. The molecule has 0 spiro atoms. The molecule has 0 aliphatic rings. The normalized spacial score (nSPS) is 9.17. The first kappa shape index (κ1) is 11.0. The van der Waals surface area contributed by atoms with Crippen LogP contribution < -0.4 is 10.6 Å². The van der Waals surface area contributed by atoms with Crippen molar-refractivity contribution in [2.24, 2.45) is 0 Å². The van der Waals surface area contributed by atoms with Crippen LogP contribution >= 0.6 is 0 Å². The third-order valence-electron chi connectivity index (χ3n) is 1.58. The minimum Gasteiger partial charge on any atom is -0.392 e. The Kier molecular flexibility index (Phi) is 6.15. The Morgan fingerprint density at radius 1 is 1.42 bits per heavy atom. The Morgan fingerprint density at radius 2 is 2.08 bits per heavy atom. The van der Waals surface area contributed by atoms with Gasteiger partial charge in [-0.3, -0.25) is 4.79 Å². The minimum atomic E-state index is 0.105. The lowest BCUT2D eigenvalue weighted by Gasteiger charge is -2.04. The Balaban J connectivity index is 3.37. The van der Waals surface area contributed by atoms with E-state index < -0.39 is 0 Å². The molecule has 0 bridgehead atoms. The maximum atomic E-state index is 11.0. The fourth-order valence-corrected chi connectivity index (χ4v) is 0.742. The van der Waals surface area contributed by atoms with Crippen LogP contribution in [0.2, 0.25) is 0 Å². The second-order valence-electron chi connectivity index (χ2n) is 2.70. The molecule has 0 radical (unpaired) electrons. The molecule has 0 aliphatic carbocycles. The van der Waals surface area contributed by atoms with Gasteiger partial charge in [-0.2, -0.15) is 0 Å². The van der Waals surface area contributed by atoms with Gasteiger partial charge in [0, 0.05) is 25.7 Å². The number of allylic oxidation sites excluding steroid dienone is 1. The molecule has 0 atom stereocenters. The van der Waals surface area contributed by atoms with Crippen molar-refractivity contribution in [3.05, 3.63) is 12.3 Å². The molecule has 3 nitrogen and oxygen atoms in total. The molecule has 0 aromatic carbocycles. The zero-order valence-corrected chi connectivity index (χ0v) is 7.94. The number of rotatable bonds is 6. The highest BCUT2D eigenvalue weighted by Crippen LogP contribution is 1.96. The monoisotopic (exact) mass is 170 g/mol. The highest BCUT2D eigenvalue weighted by molar-refractivity contribution is 5.76. The molecule has 0 saturated heterocycles. The summed E-state index contributed by atoms with van der Waals surface area (Å²) in [6.45, 7) is 6.54. The van der Waals surface area contributed by atoms with Crippen LogP contribution in [-0.2, 0) is 4.79 Å². The van der Waals surface area contributed by atoms with Crippen LogP contribution in [0.1, 0.15) is 26.2 Å². The lowest BCUT2D eigenvalue weighted by atomic mass is 10.2. The number of hydrogen-bond donors (Lipinski definition) is 2. The van der Waals surface area contributed by atoms with Crippen LogP contribution in [0.4, 0.5) is 0 Å². The lowest BCUT2D eigenvalue weighted by molar-refractivity contribution is -0.121. The van der Waals surface area contributed by atoms with Gasteiger partial charge < -0.3 is 10.6 Å². The summed E-state index contributed by atoms with van der Waals surface area (Å²) >= 11 is 0. The van der Waals surface area contributed by atoms with Gasteiger partial charge >= 0.3 is 0 Å². The van der Waals surface area contributed by atoms with Gasteiger partial charge in [0.1, 0.15) is 0 Å². The fraction of sp³-hybridized carbons (Fsp3) is 0.667. The summed E-state index contributed by atoms with van der Waals surface area (Å²) in [5.41, 5.74) is 0.904. The molecule has 0 aromatic heterocycles. The summed E-state index contributed by atoms with van der Waals surface area (Å²) in [6.07, 6.45) is 2.23. The van der Waals surface area contributed by atoms with Crippen LogP contribution in [0.25, 0.3) is 0 Å².